The molecule has 0 fully saturated rings. The zero-order valence-corrected chi connectivity index (χ0v) is 12.7. The third-order valence-corrected chi connectivity index (χ3v) is 3.56. The smallest absolute Gasteiger partial charge is 0.412 e. The fourth-order valence-electron chi connectivity index (χ4n) is 1.66. The molecule has 0 aliphatic heterocycles. The summed E-state index contributed by atoms with van der Waals surface area (Å²) in [6.07, 6.45) is 1.22. The molecule has 0 saturated carbocycles. The SMILES string of the molecule is CC(C)(C)c1ccc(NC(=O)OCc2nccs2)cc1. The Bertz CT molecular complexity index is 557. The van der Waals surface area contributed by atoms with Crippen LogP contribution in [0.1, 0.15) is 31.3 Å². The molecule has 106 valence electrons. The van der Waals surface area contributed by atoms with Crippen molar-refractivity contribution in [2.75, 3.05) is 5.32 Å². The zero-order chi connectivity index (χ0) is 14.6. The molecule has 1 aromatic heterocycles. The van der Waals surface area contributed by atoms with Crippen LogP contribution in [0.4, 0.5) is 10.5 Å². The van der Waals surface area contributed by atoms with Crippen molar-refractivity contribution in [1.29, 1.82) is 0 Å². The van der Waals surface area contributed by atoms with Crippen LogP contribution in [0.2, 0.25) is 0 Å². The number of aromatic nitrogens is 1. The van der Waals surface area contributed by atoms with Crippen molar-refractivity contribution < 1.29 is 9.53 Å². The van der Waals surface area contributed by atoms with Crippen molar-refractivity contribution in [1.82, 2.24) is 4.98 Å². The number of ether oxygens (including phenoxy) is 1. The van der Waals surface area contributed by atoms with E-state index in [1.807, 2.05) is 29.6 Å². The van der Waals surface area contributed by atoms with Gasteiger partial charge in [0.05, 0.1) is 0 Å². The van der Waals surface area contributed by atoms with Crippen molar-refractivity contribution in [2.24, 2.45) is 0 Å². The lowest BCUT2D eigenvalue weighted by Gasteiger charge is -2.19. The maximum Gasteiger partial charge on any atom is 0.412 e. The minimum atomic E-state index is -0.469. The van der Waals surface area contributed by atoms with Gasteiger partial charge in [-0.05, 0) is 23.1 Å². The van der Waals surface area contributed by atoms with Crippen LogP contribution in [-0.2, 0) is 16.8 Å². The van der Waals surface area contributed by atoms with E-state index in [4.69, 9.17) is 4.74 Å². The molecule has 0 atom stereocenters. The first kappa shape index (κ1) is 14.5. The van der Waals surface area contributed by atoms with Gasteiger partial charge in [-0.3, -0.25) is 5.32 Å². The summed E-state index contributed by atoms with van der Waals surface area (Å²) in [4.78, 5) is 15.7. The molecular weight excluding hydrogens is 272 g/mol. The van der Waals surface area contributed by atoms with Crippen LogP contribution in [0.5, 0.6) is 0 Å². The Kier molecular flexibility index (Phi) is 4.39. The van der Waals surface area contributed by atoms with E-state index < -0.39 is 6.09 Å². The van der Waals surface area contributed by atoms with Crippen LogP contribution in [0.15, 0.2) is 35.8 Å². The average molecular weight is 290 g/mol. The normalized spacial score (nSPS) is 11.2. The quantitative estimate of drug-likeness (QED) is 0.922. The number of nitrogens with one attached hydrogen (secondary N) is 1. The van der Waals surface area contributed by atoms with Crippen LogP contribution in [0.25, 0.3) is 0 Å². The van der Waals surface area contributed by atoms with Crippen molar-refractivity contribution >= 4 is 23.1 Å². The van der Waals surface area contributed by atoms with Crippen LogP contribution < -0.4 is 5.32 Å². The predicted octanol–water partition coefficient (Wildman–Crippen LogP) is 4.19. The third-order valence-electron chi connectivity index (χ3n) is 2.81. The maximum absolute atomic E-state index is 11.6. The van der Waals surface area contributed by atoms with Gasteiger partial charge in [-0.25, -0.2) is 9.78 Å². The summed E-state index contributed by atoms with van der Waals surface area (Å²) in [7, 11) is 0. The molecule has 0 aliphatic carbocycles. The molecule has 4 nitrogen and oxygen atoms in total. The van der Waals surface area contributed by atoms with E-state index in [9.17, 15) is 4.79 Å². The summed E-state index contributed by atoms with van der Waals surface area (Å²) in [5.41, 5.74) is 2.05. The van der Waals surface area contributed by atoms with Crippen molar-refractivity contribution in [3.05, 3.63) is 46.4 Å². The van der Waals surface area contributed by atoms with E-state index in [2.05, 4.69) is 31.1 Å². The Morgan fingerprint density at radius 1 is 1.30 bits per heavy atom. The number of hydrogen-bond acceptors (Lipinski definition) is 4. The highest BCUT2D eigenvalue weighted by Crippen LogP contribution is 2.23. The lowest BCUT2D eigenvalue weighted by atomic mass is 9.87. The summed E-state index contributed by atoms with van der Waals surface area (Å²) in [5.74, 6) is 0. The van der Waals surface area contributed by atoms with Crippen molar-refractivity contribution in [3.8, 4) is 0 Å². The molecule has 1 heterocycles. The average Bonchev–Trinajstić information content (AvgIpc) is 2.89. The monoisotopic (exact) mass is 290 g/mol. The highest BCUT2D eigenvalue weighted by atomic mass is 32.1. The van der Waals surface area contributed by atoms with Crippen LogP contribution in [-0.4, -0.2) is 11.1 Å². The zero-order valence-electron chi connectivity index (χ0n) is 11.8. The molecule has 0 radical (unpaired) electrons. The molecule has 2 rings (SSSR count). The molecule has 1 amide bonds. The van der Waals surface area contributed by atoms with Gasteiger partial charge in [0, 0.05) is 17.3 Å². The fraction of sp³-hybridized carbons (Fsp3) is 0.333. The standard InChI is InChI=1S/C15H18N2O2S/c1-15(2,3)11-4-6-12(7-5-11)17-14(18)19-10-13-16-8-9-20-13/h4-9H,10H2,1-3H3,(H,17,18). The predicted molar refractivity (Wildman–Crippen MR) is 81.1 cm³/mol. The lowest BCUT2D eigenvalue weighted by molar-refractivity contribution is 0.155. The van der Waals surface area contributed by atoms with Gasteiger partial charge in [0.1, 0.15) is 11.6 Å². The highest BCUT2D eigenvalue weighted by Gasteiger charge is 2.13. The molecule has 1 aromatic carbocycles. The topological polar surface area (TPSA) is 51.2 Å². The van der Waals surface area contributed by atoms with Crippen molar-refractivity contribution in [2.45, 2.75) is 32.8 Å². The molecule has 2 aromatic rings. The van der Waals surface area contributed by atoms with Gasteiger partial charge in [0.25, 0.3) is 0 Å². The number of carbonyl (C=O) groups is 1. The fourth-order valence-corrected chi connectivity index (χ4v) is 2.19. The Hall–Kier alpha value is -1.88. The minimum Gasteiger partial charge on any atom is -0.442 e. The second-order valence-corrected chi connectivity index (χ2v) is 6.43. The van der Waals surface area contributed by atoms with Gasteiger partial charge in [-0.1, -0.05) is 32.9 Å². The Morgan fingerprint density at radius 3 is 2.55 bits per heavy atom. The number of hydrogen-bond donors (Lipinski definition) is 1. The molecule has 1 N–H and O–H groups in total. The van der Waals surface area contributed by atoms with E-state index in [1.165, 1.54) is 16.9 Å². The largest absolute Gasteiger partial charge is 0.442 e. The van der Waals surface area contributed by atoms with E-state index in [0.29, 0.717) is 0 Å². The summed E-state index contributed by atoms with van der Waals surface area (Å²) in [6, 6.07) is 7.78. The molecule has 0 saturated heterocycles. The summed E-state index contributed by atoms with van der Waals surface area (Å²) in [6.45, 7) is 6.65. The van der Waals surface area contributed by atoms with Gasteiger partial charge in [0.2, 0.25) is 0 Å². The Labute approximate surface area is 122 Å². The van der Waals surface area contributed by atoms with Crippen LogP contribution in [0.3, 0.4) is 0 Å². The first-order chi connectivity index (χ1) is 9.45. The number of nitrogens with zero attached hydrogens (tertiary/aromatic N) is 1. The van der Waals surface area contributed by atoms with Crippen LogP contribution >= 0.6 is 11.3 Å². The second kappa shape index (κ2) is 6.05. The number of thiazole rings is 1. The van der Waals surface area contributed by atoms with Gasteiger partial charge < -0.3 is 4.74 Å². The lowest BCUT2D eigenvalue weighted by Crippen LogP contribution is -2.14. The van der Waals surface area contributed by atoms with E-state index in [0.717, 1.165) is 10.7 Å². The molecule has 0 aliphatic rings. The molecule has 0 bridgehead atoms. The van der Waals surface area contributed by atoms with Crippen molar-refractivity contribution in [3.63, 3.8) is 0 Å². The highest BCUT2D eigenvalue weighted by molar-refractivity contribution is 7.09. The summed E-state index contributed by atoms with van der Waals surface area (Å²) < 4.78 is 5.09. The number of anilines is 1. The number of benzene rings is 1. The number of amides is 1. The first-order valence-corrected chi connectivity index (χ1v) is 7.26. The minimum absolute atomic E-state index is 0.101. The summed E-state index contributed by atoms with van der Waals surface area (Å²) >= 11 is 1.46. The molecule has 0 unspecified atom stereocenters. The van der Waals surface area contributed by atoms with Gasteiger partial charge >= 0.3 is 6.09 Å². The Balaban J connectivity index is 1.88. The molecule has 5 heteroatoms. The van der Waals surface area contributed by atoms with Gasteiger partial charge in [-0.15, -0.1) is 11.3 Å². The number of rotatable bonds is 3. The van der Waals surface area contributed by atoms with Gasteiger partial charge in [-0.2, -0.15) is 0 Å². The summed E-state index contributed by atoms with van der Waals surface area (Å²) in [5, 5.41) is 5.33. The first-order valence-electron chi connectivity index (χ1n) is 6.38. The van der Waals surface area contributed by atoms with Crippen LogP contribution in [0, 0.1) is 0 Å². The molecule has 0 spiro atoms. The Morgan fingerprint density at radius 2 is 2.00 bits per heavy atom. The third kappa shape index (κ3) is 4.06. The van der Waals surface area contributed by atoms with E-state index in [-0.39, 0.29) is 12.0 Å². The molecule has 20 heavy (non-hydrogen) atoms. The number of carbonyl (C=O) groups excluding carboxylic acids is 1. The van der Waals surface area contributed by atoms with E-state index in [1.54, 1.807) is 6.20 Å². The van der Waals surface area contributed by atoms with E-state index >= 15 is 0 Å². The molecular formula is C15H18N2O2S. The maximum atomic E-state index is 11.6. The van der Waals surface area contributed by atoms with Gasteiger partial charge in [0.15, 0.2) is 0 Å². The second-order valence-electron chi connectivity index (χ2n) is 5.45.